The van der Waals surface area contributed by atoms with Gasteiger partial charge in [0.05, 0.1) is 5.92 Å². The Morgan fingerprint density at radius 2 is 2.19 bits per heavy atom. The van der Waals surface area contributed by atoms with Crippen LogP contribution in [0.5, 0.6) is 0 Å². The van der Waals surface area contributed by atoms with E-state index in [4.69, 9.17) is 5.11 Å². The van der Waals surface area contributed by atoms with E-state index in [1.54, 1.807) is 19.1 Å². The number of carbonyl (C=O) groups is 1. The van der Waals surface area contributed by atoms with Crippen molar-refractivity contribution in [2.24, 2.45) is 0 Å². The Kier molecular flexibility index (Phi) is 4.47. The monoisotopic (exact) mass is 224 g/mol. The fourth-order valence-electron chi connectivity index (χ4n) is 1.67. The van der Waals surface area contributed by atoms with E-state index >= 15 is 0 Å². The van der Waals surface area contributed by atoms with E-state index in [-0.39, 0.29) is 5.82 Å². The minimum absolute atomic E-state index is 0.333. The van der Waals surface area contributed by atoms with Gasteiger partial charge in [-0.15, -0.1) is 0 Å². The molecular formula is C13H17FO2. The molecule has 1 aromatic rings. The number of rotatable bonds is 5. The molecule has 0 saturated carbocycles. The van der Waals surface area contributed by atoms with Crippen LogP contribution in [0, 0.1) is 12.7 Å². The lowest BCUT2D eigenvalue weighted by molar-refractivity contribution is -0.139. The number of aliphatic carboxylic acids is 1. The van der Waals surface area contributed by atoms with Gasteiger partial charge in [0, 0.05) is 0 Å². The molecule has 0 fully saturated rings. The van der Waals surface area contributed by atoms with E-state index in [9.17, 15) is 9.18 Å². The summed E-state index contributed by atoms with van der Waals surface area (Å²) in [6.07, 6.45) is 2.35. The van der Waals surface area contributed by atoms with Crippen molar-refractivity contribution in [3.63, 3.8) is 0 Å². The fourth-order valence-corrected chi connectivity index (χ4v) is 1.67. The molecule has 16 heavy (non-hydrogen) atoms. The zero-order valence-electron chi connectivity index (χ0n) is 9.66. The first-order valence-electron chi connectivity index (χ1n) is 5.55. The highest BCUT2D eigenvalue weighted by molar-refractivity contribution is 5.76. The summed E-state index contributed by atoms with van der Waals surface area (Å²) in [4.78, 5) is 11.1. The third-order valence-electron chi connectivity index (χ3n) is 2.74. The number of carboxylic acids is 1. The molecule has 0 aliphatic heterocycles. The Labute approximate surface area is 95.1 Å². The van der Waals surface area contributed by atoms with Crippen LogP contribution in [-0.4, -0.2) is 11.1 Å². The molecule has 2 nitrogen and oxygen atoms in total. The number of carboxylic acid groups (broad SMARTS) is 1. The number of benzene rings is 1. The largest absolute Gasteiger partial charge is 0.481 e. The minimum atomic E-state index is -0.878. The van der Waals surface area contributed by atoms with Crippen LogP contribution in [0.25, 0.3) is 0 Å². The van der Waals surface area contributed by atoms with Crippen LogP contribution in [0.4, 0.5) is 4.39 Å². The molecule has 1 atom stereocenters. The maximum absolute atomic E-state index is 13.3. The summed E-state index contributed by atoms with van der Waals surface area (Å²) in [7, 11) is 0. The van der Waals surface area contributed by atoms with Gasteiger partial charge in [0.15, 0.2) is 0 Å². The third kappa shape index (κ3) is 3.05. The number of unbranched alkanes of at least 4 members (excludes halogenated alkanes) is 1. The van der Waals surface area contributed by atoms with Crippen LogP contribution in [0.1, 0.15) is 43.2 Å². The van der Waals surface area contributed by atoms with Crippen molar-refractivity contribution in [2.45, 2.75) is 39.0 Å². The lowest BCUT2D eigenvalue weighted by Gasteiger charge is -2.12. The van der Waals surface area contributed by atoms with Gasteiger partial charge in [-0.2, -0.15) is 0 Å². The van der Waals surface area contributed by atoms with Crippen LogP contribution in [0.2, 0.25) is 0 Å². The standard InChI is InChI=1S/C13H17FO2/c1-3-4-5-11(13(15)16)10-7-6-9(2)12(14)8-10/h6-8,11H,3-5H2,1-2H3,(H,15,16). The molecule has 0 aliphatic rings. The van der Waals surface area contributed by atoms with Crippen LogP contribution in [-0.2, 0) is 4.79 Å². The summed E-state index contributed by atoms with van der Waals surface area (Å²) in [6, 6.07) is 4.67. The first-order chi connectivity index (χ1) is 7.56. The molecule has 3 heteroatoms. The second-order valence-electron chi connectivity index (χ2n) is 4.04. The van der Waals surface area contributed by atoms with Gasteiger partial charge in [0.1, 0.15) is 5.82 Å². The van der Waals surface area contributed by atoms with Crippen LogP contribution in [0.15, 0.2) is 18.2 Å². The van der Waals surface area contributed by atoms with Crippen molar-refractivity contribution in [1.82, 2.24) is 0 Å². The summed E-state index contributed by atoms with van der Waals surface area (Å²) in [5.74, 6) is -1.80. The normalized spacial score (nSPS) is 12.4. The minimum Gasteiger partial charge on any atom is -0.481 e. The molecule has 0 saturated heterocycles. The average Bonchev–Trinajstić information content (AvgIpc) is 2.23. The van der Waals surface area contributed by atoms with Crippen molar-refractivity contribution in [3.05, 3.63) is 35.1 Å². The molecule has 0 spiro atoms. The molecule has 1 unspecified atom stereocenters. The Bertz CT molecular complexity index is 374. The summed E-state index contributed by atoms with van der Waals surface area (Å²) < 4.78 is 13.3. The highest BCUT2D eigenvalue weighted by Gasteiger charge is 2.19. The van der Waals surface area contributed by atoms with Gasteiger partial charge in [-0.3, -0.25) is 4.79 Å². The van der Waals surface area contributed by atoms with Crippen molar-refractivity contribution < 1.29 is 14.3 Å². The molecule has 0 radical (unpaired) electrons. The molecular weight excluding hydrogens is 207 g/mol. The maximum Gasteiger partial charge on any atom is 0.310 e. The van der Waals surface area contributed by atoms with Gasteiger partial charge in [-0.05, 0) is 30.5 Å². The SMILES string of the molecule is CCCCC(C(=O)O)c1ccc(C)c(F)c1. The van der Waals surface area contributed by atoms with Crippen molar-refractivity contribution >= 4 is 5.97 Å². The third-order valence-corrected chi connectivity index (χ3v) is 2.74. The second-order valence-corrected chi connectivity index (χ2v) is 4.04. The quantitative estimate of drug-likeness (QED) is 0.831. The fraction of sp³-hybridized carbons (Fsp3) is 0.462. The summed E-state index contributed by atoms with van der Waals surface area (Å²) in [5.41, 5.74) is 1.10. The van der Waals surface area contributed by atoms with E-state index in [1.807, 2.05) is 6.92 Å². The highest BCUT2D eigenvalue weighted by atomic mass is 19.1. The van der Waals surface area contributed by atoms with Gasteiger partial charge >= 0.3 is 5.97 Å². The zero-order chi connectivity index (χ0) is 12.1. The Balaban J connectivity index is 2.92. The van der Waals surface area contributed by atoms with Gasteiger partial charge < -0.3 is 5.11 Å². The lowest BCUT2D eigenvalue weighted by Crippen LogP contribution is -2.12. The predicted molar refractivity (Wildman–Crippen MR) is 61.0 cm³/mol. The molecule has 0 aromatic heterocycles. The summed E-state index contributed by atoms with van der Waals surface area (Å²) in [6.45, 7) is 3.68. The smallest absolute Gasteiger partial charge is 0.310 e. The van der Waals surface area contributed by atoms with Crippen LogP contribution >= 0.6 is 0 Å². The molecule has 1 rings (SSSR count). The molecule has 0 heterocycles. The Morgan fingerprint density at radius 3 is 2.69 bits per heavy atom. The molecule has 0 bridgehead atoms. The highest BCUT2D eigenvalue weighted by Crippen LogP contribution is 2.24. The predicted octanol–water partition coefficient (Wildman–Crippen LogP) is 3.49. The van der Waals surface area contributed by atoms with Gasteiger partial charge in [0.25, 0.3) is 0 Å². The number of aryl methyl sites for hydroxylation is 1. The van der Waals surface area contributed by atoms with E-state index in [2.05, 4.69) is 0 Å². The number of hydrogen-bond donors (Lipinski definition) is 1. The van der Waals surface area contributed by atoms with Gasteiger partial charge in [0.2, 0.25) is 0 Å². The van der Waals surface area contributed by atoms with Crippen molar-refractivity contribution in [1.29, 1.82) is 0 Å². The average molecular weight is 224 g/mol. The molecule has 0 amide bonds. The van der Waals surface area contributed by atoms with E-state index < -0.39 is 11.9 Å². The molecule has 0 aliphatic carbocycles. The van der Waals surface area contributed by atoms with Crippen LogP contribution < -0.4 is 0 Å². The van der Waals surface area contributed by atoms with Crippen LogP contribution in [0.3, 0.4) is 0 Å². The number of halogens is 1. The van der Waals surface area contributed by atoms with Crippen molar-refractivity contribution in [3.8, 4) is 0 Å². The summed E-state index contributed by atoms with van der Waals surface area (Å²) in [5, 5.41) is 9.09. The van der Waals surface area contributed by atoms with E-state index in [0.717, 1.165) is 12.8 Å². The zero-order valence-corrected chi connectivity index (χ0v) is 9.66. The van der Waals surface area contributed by atoms with Gasteiger partial charge in [-0.25, -0.2) is 4.39 Å². The van der Waals surface area contributed by atoms with Gasteiger partial charge in [-0.1, -0.05) is 31.9 Å². The summed E-state index contributed by atoms with van der Waals surface area (Å²) >= 11 is 0. The maximum atomic E-state index is 13.3. The Morgan fingerprint density at radius 1 is 1.50 bits per heavy atom. The molecule has 88 valence electrons. The lowest BCUT2D eigenvalue weighted by atomic mass is 9.93. The number of hydrogen-bond acceptors (Lipinski definition) is 1. The topological polar surface area (TPSA) is 37.3 Å². The second kappa shape index (κ2) is 5.64. The molecule has 1 N–H and O–H groups in total. The first kappa shape index (κ1) is 12.7. The van der Waals surface area contributed by atoms with E-state index in [0.29, 0.717) is 17.5 Å². The first-order valence-corrected chi connectivity index (χ1v) is 5.55. The van der Waals surface area contributed by atoms with E-state index in [1.165, 1.54) is 6.07 Å². The Hall–Kier alpha value is -1.38. The van der Waals surface area contributed by atoms with Crippen molar-refractivity contribution in [2.75, 3.05) is 0 Å². The molecule has 1 aromatic carbocycles.